The topological polar surface area (TPSA) is 23.6 Å². The first kappa shape index (κ1) is 26.1. The van der Waals surface area contributed by atoms with Gasteiger partial charge in [-0.2, -0.15) is 0 Å². The summed E-state index contributed by atoms with van der Waals surface area (Å²) in [5.41, 5.74) is 5.27. The minimum absolute atomic E-state index is 0.186. The Morgan fingerprint density at radius 2 is 1.46 bits per heavy atom. The van der Waals surface area contributed by atoms with Crippen molar-refractivity contribution >= 4 is 34.6 Å². The zero-order valence-corrected chi connectivity index (χ0v) is 22.8. The fourth-order valence-corrected chi connectivity index (χ4v) is 7.63. The van der Waals surface area contributed by atoms with Gasteiger partial charge in [-0.25, -0.2) is 8.78 Å². The van der Waals surface area contributed by atoms with Gasteiger partial charge in [0.25, 0.3) is 5.91 Å². The van der Waals surface area contributed by atoms with Crippen LogP contribution in [0, 0.1) is 18.6 Å². The molecule has 0 bridgehead atoms. The maximum Gasteiger partial charge on any atom is 0.255 e. The number of thioether (sulfide) groups is 1. The Balaban J connectivity index is 1.17. The molecule has 3 heterocycles. The minimum Gasteiger partial charge on any atom is -0.338 e. The number of benzene rings is 2. The molecule has 0 spiro atoms. The van der Waals surface area contributed by atoms with Crippen molar-refractivity contribution in [3.05, 3.63) is 93.4 Å². The summed E-state index contributed by atoms with van der Waals surface area (Å²) in [4.78, 5) is 18.7. The van der Waals surface area contributed by atoms with Crippen LogP contribution in [0.15, 0.2) is 64.4 Å². The zero-order chi connectivity index (χ0) is 25.8. The molecule has 2 aromatic carbocycles. The molecule has 194 valence electrons. The Hall–Kier alpha value is -2.48. The van der Waals surface area contributed by atoms with Crippen molar-refractivity contribution in [3.63, 3.8) is 0 Å². The molecule has 1 amide bonds. The maximum absolute atomic E-state index is 13.6. The smallest absolute Gasteiger partial charge is 0.255 e. The number of carbonyl (C=O) groups excluding carboxylic acids is 1. The molecule has 3 nitrogen and oxygen atoms in total. The van der Waals surface area contributed by atoms with Gasteiger partial charge in [0.1, 0.15) is 11.6 Å². The molecular formula is C30H32F2N2OS2. The number of fused-ring (bicyclic) bond motifs is 1. The van der Waals surface area contributed by atoms with Crippen LogP contribution in [0.5, 0.6) is 0 Å². The molecule has 1 saturated heterocycles. The largest absolute Gasteiger partial charge is 0.338 e. The highest BCUT2D eigenvalue weighted by Crippen LogP contribution is 2.35. The number of nitrogens with zero attached hydrogens (tertiary/aromatic N) is 2. The third kappa shape index (κ3) is 6.33. The molecular weight excluding hydrogens is 506 g/mol. The van der Waals surface area contributed by atoms with E-state index in [1.807, 2.05) is 35.2 Å². The van der Waals surface area contributed by atoms with Crippen molar-refractivity contribution in [2.75, 3.05) is 38.5 Å². The lowest BCUT2D eigenvalue weighted by Gasteiger charge is -2.30. The van der Waals surface area contributed by atoms with E-state index in [0.717, 1.165) is 86.4 Å². The molecule has 5 rings (SSSR count). The van der Waals surface area contributed by atoms with E-state index in [1.54, 1.807) is 23.1 Å². The number of amides is 1. The van der Waals surface area contributed by atoms with Crippen LogP contribution in [-0.2, 0) is 0 Å². The summed E-state index contributed by atoms with van der Waals surface area (Å²) in [5.74, 6) is 0.637. The van der Waals surface area contributed by atoms with Crippen LogP contribution < -0.4 is 0 Å². The Kier molecular flexibility index (Phi) is 8.43. The van der Waals surface area contributed by atoms with Gasteiger partial charge in [-0.15, -0.1) is 23.1 Å². The number of piperidine rings is 1. The van der Waals surface area contributed by atoms with Crippen molar-refractivity contribution in [2.24, 2.45) is 0 Å². The average molecular weight is 539 g/mol. The van der Waals surface area contributed by atoms with Gasteiger partial charge in [0.2, 0.25) is 0 Å². The third-order valence-corrected chi connectivity index (χ3v) is 9.48. The predicted molar refractivity (Wildman–Crippen MR) is 149 cm³/mol. The van der Waals surface area contributed by atoms with E-state index < -0.39 is 0 Å². The summed E-state index contributed by atoms with van der Waals surface area (Å²) >= 11 is 3.54. The Morgan fingerprint density at radius 1 is 0.865 bits per heavy atom. The molecule has 1 aromatic heterocycles. The summed E-state index contributed by atoms with van der Waals surface area (Å²) in [6, 6.07) is 15.3. The highest BCUT2D eigenvalue weighted by Gasteiger charge is 2.25. The molecule has 0 aliphatic carbocycles. The molecule has 3 aromatic rings. The molecule has 1 fully saturated rings. The van der Waals surface area contributed by atoms with Crippen LogP contribution in [0.25, 0.3) is 5.57 Å². The number of carbonyl (C=O) groups is 1. The summed E-state index contributed by atoms with van der Waals surface area (Å²) < 4.78 is 28.3. The van der Waals surface area contributed by atoms with Gasteiger partial charge in [-0.1, -0.05) is 29.8 Å². The fourth-order valence-electron chi connectivity index (χ4n) is 5.23. The number of aryl methyl sites for hydroxylation is 1. The number of unbranched alkanes of at least 4 members (excludes halogenated alkanes) is 1. The average Bonchev–Trinajstić information content (AvgIpc) is 3.22. The van der Waals surface area contributed by atoms with E-state index in [0.29, 0.717) is 0 Å². The number of thiophene rings is 1. The lowest BCUT2D eigenvalue weighted by atomic mass is 9.88. The molecule has 0 radical (unpaired) electrons. The van der Waals surface area contributed by atoms with Crippen molar-refractivity contribution in [3.8, 4) is 0 Å². The van der Waals surface area contributed by atoms with E-state index in [1.165, 1.54) is 38.9 Å². The molecule has 0 N–H and O–H groups in total. The van der Waals surface area contributed by atoms with Crippen molar-refractivity contribution < 1.29 is 13.6 Å². The van der Waals surface area contributed by atoms with Gasteiger partial charge >= 0.3 is 0 Å². The molecule has 0 atom stereocenters. The Bertz CT molecular complexity index is 1210. The monoisotopic (exact) mass is 538 g/mol. The van der Waals surface area contributed by atoms with Gasteiger partial charge in [-0.05, 0) is 86.2 Å². The van der Waals surface area contributed by atoms with E-state index in [4.69, 9.17) is 0 Å². The maximum atomic E-state index is 13.6. The normalized spacial score (nSPS) is 16.6. The third-order valence-electron chi connectivity index (χ3n) is 7.16. The lowest BCUT2D eigenvalue weighted by Crippen LogP contribution is -2.34. The van der Waals surface area contributed by atoms with Crippen molar-refractivity contribution in [1.82, 2.24) is 9.80 Å². The van der Waals surface area contributed by atoms with Crippen molar-refractivity contribution in [2.45, 2.75) is 36.8 Å². The van der Waals surface area contributed by atoms with Crippen LogP contribution in [-0.4, -0.2) is 54.2 Å². The van der Waals surface area contributed by atoms with Gasteiger partial charge < -0.3 is 9.80 Å². The molecule has 2 aliphatic rings. The van der Waals surface area contributed by atoms with E-state index >= 15 is 0 Å². The first-order valence-corrected chi connectivity index (χ1v) is 14.8. The summed E-state index contributed by atoms with van der Waals surface area (Å²) in [5, 5.41) is 0. The van der Waals surface area contributed by atoms with Crippen LogP contribution in [0.4, 0.5) is 8.78 Å². The van der Waals surface area contributed by atoms with E-state index in [9.17, 15) is 13.6 Å². The first-order chi connectivity index (χ1) is 18.0. The van der Waals surface area contributed by atoms with Gasteiger partial charge in [-0.3, -0.25) is 4.79 Å². The number of halogens is 2. The van der Waals surface area contributed by atoms with Gasteiger partial charge in [0, 0.05) is 36.8 Å². The molecule has 0 unspecified atom stereocenters. The summed E-state index contributed by atoms with van der Waals surface area (Å²) in [6.45, 7) is 6.66. The second kappa shape index (κ2) is 11.9. The second-order valence-electron chi connectivity index (χ2n) is 9.74. The number of hydrogen-bond acceptors (Lipinski definition) is 4. The quantitative estimate of drug-likeness (QED) is 0.296. The number of rotatable bonds is 7. The predicted octanol–water partition coefficient (Wildman–Crippen LogP) is 7.26. The van der Waals surface area contributed by atoms with Crippen molar-refractivity contribution in [1.29, 1.82) is 0 Å². The van der Waals surface area contributed by atoms with Gasteiger partial charge in [0.15, 0.2) is 0 Å². The van der Waals surface area contributed by atoms with E-state index in [-0.39, 0.29) is 17.5 Å². The van der Waals surface area contributed by atoms with Crippen LogP contribution in [0.3, 0.4) is 0 Å². The minimum atomic E-state index is -0.256. The van der Waals surface area contributed by atoms with Crippen LogP contribution in [0.1, 0.15) is 52.0 Å². The molecule has 7 heteroatoms. The standard InChI is InChI=1S/C30H32F2N2OS2/c1-21-20-27-29(35)34(18-19-36-30(27)37-21)15-3-2-14-33-16-12-24(13-17-33)28(22-4-8-25(31)9-5-22)23-6-10-26(32)11-7-23/h4-11,20H,2-3,12-19H2,1H3. The fraction of sp³-hybridized carbons (Fsp3) is 0.367. The van der Waals surface area contributed by atoms with Crippen LogP contribution >= 0.6 is 23.1 Å². The first-order valence-electron chi connectivity index (χ1n) is 13.0. The highest BCUT2D eigenvalue weighted by atomic mass is 32.2. The Morgan fingerprint density at radius 3 is 2.08 bits per heavy atom. The SMILES string of the molecule is Cc1cc2c(s1)SCCN(CCCCN1CCC(=C(c3ccc(F)cc3)c3ccc(F)cc3)CC1)C2=O. The number of hydrogen-bond donors (Lipinski definition) is 0. The molecule has 2 aliphatic heterocycles. The van der Waals surface area contributed by atoms with Gasteiger partial charge in [0.05, 0.1) is 9.77 Å². The lowest BCUT2D eigenvalue weighted by molar-refractivity contribution is 0.0761. The summed E-state index contributed by atoms with van der Waals surface area (Å²) in [6.07, 6.45) is 3.94. The molecule has 0 saturated carbocycles. The zero-order valence-electron chi connectivity index (χ0n) is 21.1. The highest BCUT2D eigenvalue weighted by molar-refractivity contribution is 8.01. The van der Waals surface area contributed by atoms with Crippen LogP contribution in [0.2, 0.25) is 0 Å². The summed E-state index contributed by atoms with van der Waals surface area (Å²) in [7, 11) is 0. The number of likely N-dealkylation sites (tertiary alicyclic amines) is 1. The molecule has 37 heavy (non-hydrogen) atoms. The van der Waals surface area contributed by atoms with E-state index in [2.05, 4.69) is 11.8 Å². The Labute approximate surface area is 226 Å². The second-order valence-corrected chi connectivity index (χ2v) is 12.4.